The van der Waals surface area contributed by atoms with Crippen molar-refractivity contribution >= 4 is 21.6 Å². The highest BCUT2D eigenvalue weighted by molar-refractivity contribution is 9.11. The quantitative estimate of drug-likeness (QED) is 0.578. The summed E-state index contributed by atoms with van der Waals surface area (Å²) < 4.78 is 6.05. The van der Waals surface area contributed by atoms with Crippen molar-refractivity contribution in [3.8, 4) is 5.75 Å². The Morgan fingerprint density at radius 2 is 2.25 bits per heavy atom. The minimum Gasteiger partial charge on any atom is -0.481 e. The van der Waals surface area contributed by atoms with Crippen LogP contribution in [0.4, 0.5) is 5.69 Å². The number of nitro groups is 1. The molecule has 0 atom stereocenters. The van der Waals surface area contributed by atoms with Gasteiger partial charge in [-0.05, 0) is 24.1 Å². The summed E-state index contributed by atoms with van der Waals surface area (Å²) in [6.07, 6.45) is 0. The van der Waals surface area contributed by atoms with Crippen molar-refractivity contribution in [3.63, 3.8) is 0 Å². The molecule has 0 amide bonds. The topological polar surface area (TPSA) is 64.4 Å². The molecule has 0 saturated carbocycles. The number of nitro benzene ring substituents is 1. The van der Waals surface area contributed by atoms with Gasteiger partial charge in [0.25, 0.3) is 0 Å². The molecule has 1 N–H and O–H groups in total. The van der Waals surface area contributed by atoms with Crippen LogP contribution >= 0.6 is 15.9 Å². The molecule has 0 aromatic heterocycles. The molecule has 110 valence electrons. The van der Waals surface area contributed by atoms with Gasteiger partial charge in [0.2, 0.25) is 0 Å². The average molecular weight is 343 g/mol. The maximum absolute atomic E-state index is 11.0. The van der Waals surface area contributed by atoms with Gasteiger partial charge in [-0.1, -0.05) is 42.4 Å². The van der Waals surface area contributed by atoms with Gasteiger partial charge in [0.05, 0.1) is 4.92 Å². The van der Waals surface area contributed by atoms with Crippen molar-refractivity contribution in [2.75, 3.05) is 13.2 Å². The molecule has 0 spiro atoms. The lowest BCUT2D eigenvalue weighted by Crippen LogP contribution is -2.19. The molecule has 1 rings (SSSR count). The Labute approximate surface area is 127 Å². The third kappa shape index (κ3) is 5.71. The molecule has 20 heavy (non-hydrogen) atoms. The van der Waals surface area contributed by atoms with Crippen LogP contribution < -0.4 is 10.1 Å². The molecule has 0 aliphatic carbocycles. The first-order chi connectivity index (χ1) is 9.40. The lowest BCUT2D eigenvalue weighted by molar-refractivity contribution is -0.385. The van der Waals surface area contributed by atoms with Crippen LogP contribution in [0.25, 0.3) is 0 Å². The minimum absolute atomic E-state index is 0.0358. The van der Waals surface area contributed by atoms with Gasteiger partial charge in [-0.2, -0.15) is 0 Å². The van der Waals surface area contributed by atoms with Crippen LogP contribution in [-0.2, 0) is 6.54 Å². The van der Waals surface area contributed by atoms with E-state index in [9.17, 15) is 10.1 Å². The normalized spacial score (nSPS) is 10.6. The third-order valence-electron chi connectivity index (χ3n) is 2.49. The molecule has 0 heterocycles. The predicted molar refractivity (Wildman–Crippen MR) is 83.2 cm³/mol. The summed E-state index contributed by atoms with van der Waals surface area (Å²) in [6.45, 7) is 9.64. The van der Waals surface area contributed by atoms with E-state index >= 15 is 0 Å². The van der Waals surface area contributed by atoms with Crippen LogP contribution in [-0.4, -0.2) is 18.1 Å². The monoisotopic (exact) mass is 342 g/mol. The molecular formula is C14H19BrN2O3. The second kappa shape index (κ2) is 8.01. The smallest absolute Gasteiger partial charge is 0.310 e. The maximum Gasteiger partial charge on any atom is 0.310 e. The summed E-state index contributed by atoms with van der Waals surface area (Å²) in [5, 5.41) is 14.2. The Kier molecular flexibility index (Phi) is 6.67. The Balaban J connectivity index is 2.80. The summed E-state index contributed by atoms with van der Waals surface area (Å²) in [5.74, 6) is 0.819. The Morgan fingerprint density at radius 3 is 2.80 bits per heavy atom. The van der Waals surface area contributed by atoms with Crippen molar-refractivity contribution in [1.82, 2.24) is 5.32 Å². The van der Waals surface area contributed by atoms with Gasteiger partial charge >= 0.3 is 5.69 Å². The van der Waals surface area contributed by atoms with Gasteiger partial charge in [-0.3, -0.25) is 10.1 Å². The van der Waals surface area contributed by atoms with Crippen LogP contribution in [0.1, 0.15) is 19.4 Å². The zero-order valence-corrected chi connectivity index (χ0v) is 13.3. The summed E-state index contributed by atoms with van der Waals surface area (Å²) in [5.41, 5.74) is 0.915. The molecular weight excluding hydrogens is 324 g/mol. The number of hydrogen-bond acceptors (Lipinski definition) is 4. The van der Waals surface area contributed by atoms with E-state index < -0.39 is 4.92 Å². The van der Waals surface area contributed by atoms with Gasteiger partial charge in [0, 0.05) is 17.1 Å². The standard InChI is InChI=1S/C14H19BrN2O3/c1-10(2)7-16-8-12-4-5-13(17(18)19)14(6-12)20-9-11(3)15/h4-6,10,16H,3,7-9H2,1-2H3. The number of nitrogens with one attached hydrogen (secondary N) is 1. The number of ether oxygens (including phenoxy) is 1. The number of rotatable bonds is 8. The molecule has 0 bridgehead atoms. The van der Waals surface area contributed by atoms with E-state index in [0.29, 0.717) is 16.9 Å². The zero-order chi connectivity index (χ0) is 15.1. The highest BCUT2D eigenvalue weighted by Crippen LogP contribution is 2.28. The molecule has 0 aliphatic rings. The number of nitrogens with zero attached hydrogens (tertiary/aromatic N) is 1. The van der Waals surface area contributed by atoms with E-state index in [0.717, 1.165) is 12.1 Å². The van der Waals surface area contributed by atoms with Crippen LogP contribution in [0.15, 0.2) is 29.3 Å². The molecule has 0 fully saturated rings. The van der Waals surface area contributed by atoms with Crippen molar-refractivity contribution in [2.24, 2.45) is 5.92 Å². The summed E-state index contributed by atoms with van der Waals surface area (Å²) >= 11 is 3.17. The third-order valence-corrected chi connectivity index (χ3v) is 2.72. The molecule has 1 aromatic rings. The Hall–Kier alpha value is -1.40. The molecule has 6 heteroatoms. The molecule has 5 nitrogen and oxygen atoms in total. The van der Waals surface area contributed by atoms with Crippen molar-refractivity contribution < 1.29 is 9.66 Å². The van der Waals surface area contributed by atoms with Gasteiger partial charge in [0.15, 0.2) is 5.75 Å². The second-order valence-electron chi connectivity index (χ2n) is 4.89. The van der Waals surface area contributed by atoms with Gasteiger partial charge < -0.3 is 10.1 Å². The lowest BCUT2D eigenvalue weighted by atomic mass is 10.1. The highest BCUT2D eigenvalue weighted by atomic mass is 79.9. The van der Waals surface area contributed by atoms with Gasteiger partial charge in [-0.15, -0.1) is 0 Å². The number of halogens is 1. The van der Waals surface area contributed by atoms with Crippen molar-refractivity contribution in [3.05, 3.63) is 44.9 Å². The maximum atomic E-state index is 11.0. The van der Waals surface area contributed by atoms with Crippen LogP contribution in [0, 0.1) is 16.0 Å². The highest BCUT2D eigenvalue weighted by Gasteiger charge is 2.15. The van der Waals surface area contributed by atoms with E-state index in [1.807, 2.05) is 0 Å². The minimum atomic E-state index is -0.447. The first-order valence-electron chi connectivity index (χ1n) is 6.34. The van der Waals surface area contributed by atoms with Gasteiger partial charge in [-0.25, -0.2) is 0 Å². The number of hydrogen-bond donors (Lipinski definition) is 1. The summed E-state index contributed by atoms with van der Waals surface area (Å²) in [4.78, 5) is 10.5. The van der Waals surface area contributed by atoms with Crippen LogP contribution in [0.5, 0.6) is 5.75 Å². The molecule has 0 unspecified atom stereocenters. The Bertz CT molecular complexity index is 489. The van der Waals surface area contributed by atoms with Crippen molar-refractivity contribution in [1.29, 1.82) is 0 Å². The predicted octanol–water partition coefficient (Wildman–Crippen LogP) is 3.63. The average Bonchev–Trinajstić information content (AvgIpc) is 2.35. The summed E-state index contributed by atoms with van der Waals surface area (Å²) in [6, 6.07) is 4.90. The fourth-order valence-electron chi connectivity index (χ4n) is 1.60. The molecule has 0 radical (unpaired) electrons. The first kappa shape index (κ1) is 16.7. The van der Waals surface area contributed by atoms with Crippen LogP contribution in [0.3, 0.4) is 0 Å². The van der Waals surface area contributed by atoms with Crippen molar-refractivity contribution in [2.45, 2.75) is 20.4 Å². The van der Waals surface area contributed by atoms with E-state index in [-0.39, 0.29) is 18.0 Å². The first-order valence-corrected chi connectivity index (χ1v) is 7.13. The van der Waals surface area contributed by atoms with Crippen LogP contribution in [0.2, 0.25) is 0 Å². The fraction of sp³-hybridized carbons (Fsp3) is 0.429. The van der Waals surface area contributed by atoms with Gasteiger partial charge in [0.1, 0.15) is 6.61 Å². The Morgan fingerprint density at radius 1 is 1.55 bits per heavy atom. The van der Waals surface area contributed by atoms with E-state index in [2.05, 4.69) is 41.7 Å². The van der Waals surface area contributed by atoms with E-state index in [1.54, 1.807) is 12.1 Å². The molecule has 0 saturated heterocycles. The molecule has 0 aliphatic heterocycles. The SMILES string of the molecule is C=C(Br)COc1cc(CNCC(C)C)ccc1[N+](=O)[O-]. The fourth-order valence-corrected chi connectivity index (χ4v) is 1.71. The second-order valence-corrected chi connectivity index (χ2v) is 6.01. The number of benzene rings is 1. The molecule has 1 aromatic carbocycles. The zero-order valence-electron chi connectivity index (χ0n) is 11.7. The largest absolute Gasteiger partial charge is 0.481 e. The lowest BCUT2D eigenvalue weighted by Gasteiger charge is -2.10. The summed E-state index contributed by atoms with van der Waals surface area (Å²) in [7, 11) is 0. The van der Waals surface area contributed by atoms with E-state index in [1.165, 1.54) is 6.07 Å². The van der Waals surface area contributed by atoms with E-state index in [4.69, 9.17) is 4.74 Å².